The number of ether oxygens (including phenoxy) is 1. The summed E-state index contributed by atoms with van der Waals surface area (Å²) in [6, 6.07) is 5.83. The standard InChI is InChI=1S/C20H22F2N2O3/c1-13-9-14-10-16(5-6-17(14)27-13)26-11-15-3-2-4-19(25)24(15)18-7-8-23-12-20(18,21)22/h2-6,9-10,15,18,23,25H,7-8,11-12H2,1H3. The maximum Gasteiger partial charge on any atom is 0.280 e. The van der Waals surface area contributed by atoms with E-state index in [4.69, 9.17) is 9.15 Å². The normalized spacial score (nSPS) is 24.9. The molecule has 144 valence electrons. The number of benzene rings is 1. The van der Waals surface area contributed by atoms with E-state index in [0.29, 0.717) is 12.3 Å². The van der Waals surface area contributed by atoms with Gasteiger partial charge in [0.25, 0.3) is 5.92 Å². The molecule has 1 aromatic heterocycles. The number of fused-ring (bicyclic) bond motifs is 1. The number of allylic oxidation sites excluding steroid dienone is 2. The topological polar surface area (TPSA) is 57.9 Å². The SMILES string of the molecule is Cc1cc2cc(OCC3C=CC=C(O)N3C3CCNCC3(F)F)ccc2o1. The van der Waals surface area contributed by atoms with E-state index in [1.807, 2.05) is 25.1 Å². The molecule has 0 saturated carbocycles. The summed E-state index contributed by atoms with van der Waals surface area (Å²) in [6.45, 7) is 2.11. The molecule has 2 aromatic rings. The highest BCUT2D eigenvalue weighted by Crippen LogP contribution is 2.33. The van der Waals surface area contributed by atoms with E-state index in [1.165, 1.54) is 11.0 Å². The Bertz CT molecular complexity index is 890. The van der Waals surface area contributed by atoms with Gasteiger partial charge in [-0.05, 0) is 50.2 Å². The van der Waals surface area contributed by atoms with Crippen LogP contribution in [0.3, 0.4) is 0 Å². The largest absolute Gasteiger partial charge is 0.495 e. The lowest BCUT2D eigenvalue weighted by atomic mass is 9.97. The fraction of sp³-hybridized carbons (Fsp3) is 0.400. The second-order valence-electron chi connectivity index (χ2n) is 6.99. The van der Waals surface area contributed by atoms with Crippen molar-refractivity contribution in [3.63, 3.8) is 0 Å². The fourth-order valence-corrected chi connectivity index (χ4v) is 3.74. The third kappa shape index (κ3) is 3.51. The van der Waals surface area contributed by atoms with Crippen LogP contribution in [0.2, 0.25) is 0 Å². The van der Waals surface area contributed by atoms with Gasteiger partial charge in [-0.2, -0.15) is 0 Å². The van der Waals surface area contributed by atoms with Crippen molar-refractivity contribution in [1.82, 2.24) is 10.2 Å². The van der Waals surface area contributed by atoms with Crippen LogP contribution < -0.4 is 10.1 Å². The summed E-state index contributed by atoms with van der Waals surface area (Å²) in [4.78, 5) is 1.38. The van der Waals surface area contributed by atoms with Crippen LogP contribution in [0.1, 0.15) is 12.2 Å². The summed E-state index contributed by atoms with van der Waals surface area (Å²) < 4.78 is 40.3. The first-order chi connectivity index (χ1) is 12.9. The van der Waals surface area contributed by atoms with Crippen LogP contribution in [0, 0.1) is 6.92 Å². The molecule has 27 heavy (non-hydrogen) atoms. The minimum absolute atomic E-state index is 0.150. The Balaban J connectivity index is 1.52. The lowest BCUT2D eigenvalue weighted by Crippen LogP contribution is -2.60. The molecule has 2 aliphatic heterocycles. The lowest BCUT2D eigenvalue weighted by molar-refractivity contribution is -0.106. The van der Waals surface area contributed by atoms with E-state index in [9.17, 15) is 13.9 Å². The quantitative estimate of drug-likeness (QED) is 0.851. The van der Waals surface area contributed by atoms with Crippen LogP contribution in [0.25, 0.3) is 11.0 Å². The lowest BCUT2D eigenvalue weighted by Gasteiger charge is -2.44. The highest BCUT2D eigenvalue weighted by atomic mass is 19.3. The first-order valence-electron chi connectivity index (χ1n) is 9.01. The first kappa shape index (κ1) is 17.9. The smallest absolute Gasteiger partial charge is 0.280 e. The number of alkyl halides is 2. The van der Waals surface area contributed by atoms with Gasteiger partial charge in [0, 0.05) is 5.39 Å². The second kappa shape index (κ2) is 6.88. The number of furan rings is 1. The summed E-state index contributed by atoms with van der Waals surface area (Å²) in [7, 11) is 0. The number of hydrogen-bond acceptors (Lipinski definition) is 5. The molecular formula is C20H22F2N2O3. The zero-order chi connectivity index (χ0) is 19.0. The molecule has 0 radical (unpaired) electrons. The van der Waals surface area contributed by atoms with Crippen LogP contribution in [0.15, 0.2) is 52.8 Å². The molecule has 1 saturated heterocycles. The van der Waals surface area contributed by atoms with Gasteiger partial charge in [0.2, 0.25) is 0 Å². The molecule has 2 unspecified atom stereocenters. The highest BCUT2D eigenvalue weighted by Gasteiger charge is 2.47. The maximum atomic E-state index is 14.4. The molecule has 2 N–H and O–H groups in total. The number of rotatable bonds is 4. The zero-order valence-electron chi connectivity index (χ0n) is 15.0. The summed E-state index contributed by atoms with van der Waals surface area (Å²) in [6.07, 6.45) is 5.13. The van der Waals surface area contributed by atoms with Crippen LogP contribution in [-0.4, -0.2) is 47.7 Å². The van der Waals surface area contributed by atoms with E-state index in [0.717, 1.165) is 16.7 Å². The molecule has 4 rings (SSSR count). The van der Waals surface area contributed by atoms with Crippen LogP contribution in [0.5, 0.6) is 5.75 Å². The Kier molecular flexibility index (Phi) is 4.55. The Hall–Kier alpha value is -2.54. The van der Waals surface area contributed by atoms with Crippen molar-refractivity contribution >= 4 is 11.0 Å². The fourth-order valence-electron chi connectivity index (χ4n) is 3.74. The molecule has 0 aliphatic carbocycles. The van der Waals surface area contributed by atoms with Crippen LogP contribution >= 0.6 is 0 Å². The third-order valence-electron chi connectivity index (χ3n) is 5.01. The minimum atomic E-state index is -2.93. The van der Waals surface area contributed by atoms with Crippen molar-refractivity contribution < 1.29 is 23.0 Å². The number of aliphatic hydroxyl groups is 1. The molecule has 1 aromatic carbocycles. The molecule has 2 aliphatic rings. The van der Waals surface area contributed by atoms with Gasteiger partial charge in [0.15, 0.2) is 5.88 Å². The van der Waals surface area contributed by atoms with Crippen molar-refractivity contribution in [1.29, 1.82) is 0 Å². The Morgan fingerprint density at radius 3 is 3.04 bits per heavy atom. The van der Waals surface area contributed by atoms with Crippen molar-refractivity contribution in [2.45, 2.75) is 31.4 Å². The van der Waals surface area contributed by atoms with E-state index >= 15 is 0 Å². The molecule has 1 fully saturated rings. The molecule has 0 spiro atoms. The molecule has 2 atom stereocenters. The number of nitrogens with one attached hydrogen (secondary N) is 1. The Labute approximate surface area is 155 Å². The van der Waals surface area contributed by atoms with Crippen molar-refractivity contribution in [2.24, 2.45) is 0 Å². The van der Waals surface area contributed by atoms with Gasteiger partial charge in [-0.25, -0.2) is 8.78 Å². The number of aliphatic hydroxyl groups excluding tert-OH is 1. The van der Waals surface area contributed by atoms with E-state index in [-0.39, 0.29) is 18.9 Å². The third-order valence-corrected chi connectivity index (χ3v) is 5.01. The van der Waals surface area contributed by atoms with Crippen molar-refractivity contribution in [3.8, 4) is 5.75 Å². The van der Waals surface area contributed by atoms with Gasteiger partial charge in [-0.1, -0.05) is 12.2 Å². The Morgan fingerprint density at radius 2 is 2.22 bits per heavy atom. The number of hydrogen-bond donors (Lipinski definition) is 2. The predicted molar refractivity (Wildman–Crippen MR) is 98.1 cm³/mol. The summed E-state index contributed by atoms with van der Waals surface area (Å²) in [5.41, 5.74) is 0.772. The van der Waals surface area contributed by atoms with Crippen LogP contribution in [0.4, 0.5) is 8.78 Å². The van der Waals surface area contributed by atoms with Gasteiger partial charge < -0.3 is 24.5 Å². The molecular weight excluding hydrogens is 354 g/mol. The second-order valence-corrected chi connectivity index (χ2v) is 6.99. The van der Waals surface area contributed by atoms with E-state index < -0.39 is 24.6 Å². The predicted octanol–water partition coefficient (Wildman–Crippen LogP) is 3.76. The number of piperidine rings is 1. The van der Waals surface area contributed by atoms with Gasteiger partial charge in [0.05, 0.1) is 18.6 Å². The van der Waals surface area contributed by atoms with Crippen LogP contribution in [-0.2, 0) is 0 Å². The summed E-state index contributed by atoms with van der Waals surface area (Å²) in [5.74, 6) is -1.65. The first-order valence-corrected chi connectivity index (χ1v) is 9.01. The number of aryl methyl sites for hydroxylation is 1. The van der Waals surface area contributed by atoms with Gasteiger partial charge in [-0.15, -0.1) is 0 Å². The molecule has 5 nitrogen and oxygen atoms in total. The van der Waals surface area contributed by atoms with Crippen molar-refractivity contribution in [2.75, 3.05) is 19.7 Å². The highest BCUT2D eigenvalue weighted by molar-refractivity contribution is 5.79. The zero-order valence-corrected chi connectivity index (χ0v) is 15.0. The molecule has 0 bridgehead atoms. The minimum Gasteiger partial charge on any atom is -0.495 e. The Morgan fingerprint density at radius 1 is 1.37 bits per heavy atom. The average molecular weight is 376 g/mol. The number of nitrogens with zero attached hydrogens (tertiary/aromatic N) is 1. The summed E-state index contributed by atoms with van der Waals surface area (Å²) >= 11 is 0. The average Bonchev–Trinajstić information content (AvgIpc) is 2.99. The van der Waals surface area contributed by atoms with Gasteiger partial charge in [0.1, 0.15) is 23.7 Å². The molecule has 0 amide bonds. The van der Waals surface area contributed by atoms with Gasteiger partial charge in [-0.3, -0.25) is 0 Å². The molecule has 3 heterocycles. The van der Waals surface area contributed by atoms with Crippen molar-refractivity contribution in [3.05, 3.63) is 54.1 Å². The van der Waals surface area contributed by atoms with Gasteiger partial charge >= 0.3 is 0 Å². The number of halogens is 2. The molecule has 7 heteroatoms. The summed E-state index contributed by atoms with van der Waals surface area (Å²) in [5, 5.41) is 13.9. The van der Waals surface area contributed by atoms with E-state index in [2.05, 4.69) is 5.32 Å². The maximum absolute atomic E-state index is 14.4. The monoisotopic (exact) mass is 376 g/mol. The van der Waals surface area contributed by atoms with E-state index in [1.54, 1.807) is 18.2 Å².